The third-order valence-corrected chi connectivity index (χ3v) is 5.11. The molecule has 2 saturated heterocycles. The van der Waals surface area contributed by atoms with E-state index in [1.807, 2.05) is 0 Å². The van der Waals surface area contributed by atoms with E-state index in [9.17, 15) is 19.2 Å². The molecule has 0 aliphatic carbocycles. The molecular weight excluding hydrogens is 402 g/mol. The van der Waals surface area contributed by atoms with Crippen molar-refractivity contribution < 1.29 is 36.9 Å². The number of rotatable bonds is 4. The number of hydrogen-bond donors (Lipinski definition) is 0. The Labute approximate surface area is 186 Å². The molecule has 9 heteroatoms. The van der Waals surface area contributed by atoms with Crippen LogP contribution in [0.5, 0.6) is 0 Å². The maximum absolute atomic E-state index is 12.6. The summed E-state index contributed by atoms with van der Waals surface area (Å²) in [6.45, 7) is -9.46. The number of amides is 4. The van der Waals surface area contributed by atoms with E-state index < -0.39 is 49.5 Å². The lowest BCUT2D eigenvalue weighted by atomic mass is 10.1. The van der Waals surface area contributed by atoms with Gasteiger partial charge in [0.25, 0.3) is 17.7 Å². The lowest BCUT2D eigenvalue weighted by Crippen LogP contribution is -2.41. The van der Waals surface area contributed by atoms with Crippen LogP contribution in [0, 0.1) is 0 Å². The minimum atomic E-state index is -3.15. The molecule has 2 fully saturated rings. The van der Waals surface area contributed by atoms with Crippen molar-refractivity contribution in [1.29, 1.82) is 0 Å². The second-order valence-corrected chi connectivity index (χ2v) is 6.96. The number of morpholine rings is 1. The van der Waals surface area contributed by atoms with Gasteiger partial charge in [-0.1, -0.05) is 12.1 Å². The van der Waals surface area contributed by atoms with Gasteiger partial charge in [-0.05, 0) is 36.4 Å². The highest BCUT2D eigenvalue weighted by atomic mass is 16.6. The van der Waals surface area contributed by atoms with Gasteiger partial charge in [0, 0.05) is 17.9 Å². The van der Waals surface area contributed by atoms with Gasteiger partial charge in [0.15, 0.2) is 0 Å². The Morgan fingerprint density at radius 3 is 2.16 bits per heavy atom. The Bertz CT molecular complexity index is 1300. The molecule has 2 aromatic carbocycles. The first kappa shape index (κ1) is 13.6. The molecule has 0 N–H and O–H groups in total. The third kappa shape index (κ3) is 3.32. The Morgan fingerprint density at radius 2 is 1.52 bits per heavy atom. The van der Waals surface area contributed by atoms with Gasteiger partial charge in [-0.3, -0.25) is 24.2 Å². The van der Waals surface area contributed by atoms with E-state index in [0.717, 1.165) is 4.90 Å². The van der Waals surface area contributed by atoms with Crippen molar-refractivity contribution in [2.75, 3.05) is 42.5 Å². The molecule has 0 spiro atoms. The second kappa shape index (κ2) is 7.51. The monoisotopic (exact) mass is 427 g/mol. The highest BCUT2D eigenvalue weighted by molar-refractivity contribution is 6.21. The fraction of sp³-hybridized carbons (Fsp3) is 0.273. The van der Waals surface area contributed by atoms with Crippen LogP contribution >= 0.6 is 0 Å². The lowest BCUT2D eigenvalue weighted by molar-refractivity contribution is -0.125. The highest BCUT2D eigenvalue weighted by Gasteiger charge is 2.40. The summed E-state index contributed by atoms with van der Waals surface area (Å²) < 4.78 is 56.7. The first-order valence-electron chi connectivity index (χ1n) is 12.3. The zero-order chi connectivity index (χ0) is 26.9. The molecule has 0 bridgehead atoms. The molecule has 0 radical (unpaired) electrons. The van der Waals surface area contributed by atoms with Crippen molar-refractivity contribution in [2.24, 2.45) is 0 Å². The molecule has 3 aliphatic heterocycles. The van der Waals surface area contributed by atoms with Crippen LogP contribution in [0.15, 0.2) is 48.5 Å². The number of anilines is 2. The smallest absolute Gasteiger partial charge is 0.414 e. The van der Waals surface area contributed by atoms with E-state index in [-0.39, 0.29) is 35.6 Å². The zero-order valence-corrected chi connectivity index (χ0v) is 15.9. The van der Waals surface area contributed by atoms with E-state index in [4.69, 9.17) is 13.0 Å². The molecule has 0 saturated carbocycles. The summed E-state index contributed by atoms with van der Waals surface area (Å²) >= 11 is 0. The fourth-order valence-corrected chi connectivity index (χ4v) is 3.63. The van der Waals surface area contributed by atoms with Crippen LogP contribution in [0.25, 0.3) is 0 Å². The molecule has 2 aromatic rings. The molecule has 4 amide bonds. The number of carbonyl (C=O) groups is 4. The first-order chi connectivity index (χ1) is 17.2. The van der Waals surface area contributed by atoms with Crippen LogP contribution in [0.1, 0.15) is 28.9 Å². The van der Waals surface area contributed by atoms with Gasteiger partial charge in [-0.15, -0.1) is 0 Å². The van der Waals surface area contributed by atoms with Crippen molar-refractivity contribution in [3.8, 4) is 0 Å². The zero-order valence-electron chi connectivity index (χ0n) is 21.9. The van der Waals surface area contributed by atoms with E-state index in [0.29, 0.717) is 4.90 Å². The second-order valence-electron chi connectivity index (χ2n) is 6.96. The molecule has 9 nitrogen and oxygen atoms in total. The number of cyclic esters (lactones) is 1. The number of imide groups is 1. The number of fused-ring (bicyclic) bond motifs is 1. The van der Waals surface area contributed by atoms with E-state index in [2.05, 4.69) is 4.74 Å². The summed E-state index contributed by atoms with van der Waals surface area (Å²) in [6, 6.07) is 11.5. The quantitative estimate of drug-likeness (QED) is 0.689. The van der Waals surface area contributed by atoms with Crippen molar-refractivity contribution >= 4 is 35.2 Å². The van der Waals surface area contributed by atoms with E-state index in [1.54, 1.807) is 24.3 Å². The van der Waals surface area contributed by atoms with Crippen molar-refractivity contribution in [3.05, 3.63) is 59.7 Å². The summed E-state index contributed by atoms with van der Waals surface area (Å²) in [4.78, 5) is 52.9. The Hall–Kier alpha value is -3.72. The van der Waals surface area contributed by atoms with Crippen molar-refractivity contribution in [2.45, 2.75) is 6.10 Å². The van der Waals surface area contributed by atoms with E-state index in [1.165, 1.54) is 29.2 Å². The predicted octanol–water partition coefficient (Wildman–Crippen LogP) is 1.67. The molecule has 0 aromatic heterocycles. The van der Waals surface area contributed by atoms with Gasteiger partial charge in [0.05, 0.1) is 39.0 Å². The first-order valence-corrected chi connectivity index (χ1v) is 9.33. The van der Waals surface area contributed by atoms with Gasteiger partial charge < -0.3 is 14.4 Å². The van der Waals surface area contributed by atoms with Gasteiger partial charge in [-0.2, -0.15) is 0 Å². The summed E-state index contributed by atoms with van der Waals surface area (Å²) in [7, 11) is 0. The van der Waals surface area contributed by atoms with Crippen molar-refractivity contribution in [3.63, 3.8) is 0 Å². The maximum Gasteiger partial charge on any atom is 0.414 e. The molecule has 1 atom stereocenters. The third-order valence-electron chi connectivity index (χ3n) is 5.11. The summed E-state index contributed by atoms with van der Waals surface area (Å²) in [5, 5.41) is 0. The minimum Gasteiger partial charge on any atom is -0.442 e. The van der Waals surface area contributed by atoms with Crippen LogP contribution in [-0.4, -0.2) is 67.5 Å². The number of ether oxygens (including phenoxy) is 2. The van der Waals surface area contributed by atoms with E-state index >= 15 is 0 Å². The molecular formula is C22H19N3O6. The van der Waals surface area contributed by atoms with Crippen LogP contribution in [0.3, 0.4) is 0 Å². The Kier molecular flexibility index (Phi) is 3.29. The lowest BCUT2D eigenvalue weighted by Gasteiger charge is -2.27. The number of nitrogens with zero attached hydrogens (tertiary/aromatic N) is 3. The maximum atomic E-state index is 12.6. The average molecular weight is 427 g/mol. The topological polar surface area (TPSA) is 96.5 Å². The number of hydrogen-bond acceptors (Lipinski definition) is 6. The largest absolute Gasteiger partial charge is 0.442 e. The molecule has 158 valence electrons. The SMILES string of the molecule is [2H]C1([2H])OC([2H])([2H])C([2H])([2H])N(c2ccc(N3C[C@H](CN4C(=O)c5ccccc5C4=O)OC3=O)cc2)C1=O. The summed E-state index contributed by atoms with van der Waals surface area (Å²) in [5.74, 6) is -2.39. The predicted molar refractivity (Wildman–Crippen MR) is 109 cm³/mol. The van der Waals surface area contributed by atoms with Gasteiger partial charge in [-0.25, -0.2) is 4.79 Å². The number of carbonyl (C=O) groups excluding carboxylic acids is 4. The van der Waals surface area contributed by atoms with Crippen LogP contribution in [-0.2, 0) is 14.3 Å². The van der Waals surface area contributed by atoms with Crippen LogP contribution < -0.4 is 9.80 Å². The summed E-state index contributed by atoms with van der Waals surface area (Å²) in [6.07, 6.45) is -1.57. The fourth-order valence-electron chi connectivity index (χ4n) is 3.63. The van der Waals surface area contributed by atoms with Gasteiger partial charge >= 0.3 is 6.09 Å². The van der Waals surface area contributed by atoms with Crippen LogP contribution in [0.2, 0.25) is 0 Å². The molecule has 31 heavy (non-hydrogen) atoms. The van der Waals surface area contributed by atoms with Crippen LogP contribution in [0.4, 0.5) is 16.2 Å². The Balaban J connectivity index is 1.33. The molecule has 5 rings (SSSR count). The standard InChI is InChI=1S/C22H19N3O6/c26-19-13-30-10-9-23(19)14-5-7-15(8-6-14)24-11-16(31-22(24)29)12-25-20(27)17-3-1-2-4-18(17)21(25)28/h1-8,16H,9-13H2/t16-/m1/s1/i9D2,10D2,13D2. The number of benzene rings is 2. The average Bonchev–Trinajstić information content (AvgIpc) is 3.31. The minimum absolute atomic E-state index is 0.00595. The van der Waals surface area contributed by atoms with Gasteiger partial charge in [0.1, 0.15) is 12.7 Å². The van der Waals surface area contributed by atoms with Gasteiger partial charge in [0.2, 0.25) is 0 Å². The Morgan fingerprint density at radius 1 is 0.903 bits per heavy atom. The summed E-state index contributed by atoms with van der Waals surface area (Å²) in [5.41, 5.74) is 0.668. The molecule has 3 heterocycles. The highest BCUT2D eigenvalue weighted by Crippen LogP contribution is 2.28. The normalized spacial score (nSPS) is 28.8. The van der Waals surface area contributed by atoms with Crippen molar-refractivity contribution in [1.82, 2.24) is 4.90 Å². The molecule has 3 aliphatic rings. The molecule has 0 unspecified atom stereocenters.